The third-order valence-electron chi connectivity index (χ3n) is 4.21. The van der Waals surface area contributed by atoms with E-state index in [1.165, 1.54) is 22.9 Å². The van der Waals surface area contributed by atoms with Crippen molar-refractivity contribution in [3.8, 4) is 0 Å². The molecule has 7 nitrogen and oxygen atoms in total. The van der Waals surface area contributed by atoms with Crippen LogP contribution in [0.4, 0.5) is 11.5 Å². The molecule has 0 fully saturated rings. The Morgan fingerprint density at radius 1 is 1.07 bits per heavy atom. The van der Waals surface area contributed by atoms with Crippen LogP contribution in [-0.2, 0) is 17.1 Å². The number of sulfonamides is 1. The van der Waals surface area contributed by atoms with E-state index in [0.29, 0.717) is 11.5 Å². The van der Waals surface area contributed by atoms with Crippen LogP contribution in [0.2, 0.25) is 5.02 Å². The van der Waals surface area contributed by atoms with Crippen molar-refractivity contribution in [2.45, 2.75) is 18.7 Å². The molecule has 2 N–H and O–H groups in total. The fourth-order valence-electron chi connectivity index (χ4n) is 2.53. The SMILES string of the molecule is Cc1ccc(NS(=O)(=O)c2ccc(Cl)c(C(=O)Nc3ccn(C)n3)c2)cc1C. The van der Waals surface area contributed by atoms with E-state index < -0.39 is 15.9 Å². The van der Waals surface area contributed by atoms with E-state index in [-0.39, 0.29) is 15.5 Å². The van der Waals surface area contributed by atoms with Crippen molar-refractivity contribution in [1.29, 1.82) is 0 Å². The number of carbonyl (C=O) groups excluding carboxylic acids is 1. The number of rotatable bonds is 5. The van der Waals surface area contributed by atoms with Crippen LogP contribution in [0.5, 0.6) is 0 Å². The minimum Gasteiger partial charge on any atom is -0.305 e. The number of hydrogen-bond donors (Lipinski definition) is 2. The molecule has 0 radical (unpaired) electrons. The topological polar surface area (TPSA) is 93.1 Å². The van der Waals surface area contributed by atoms with Gasteiger partial charge in [-0.05, 0) is 55.3 Å². The van der Waals surface area contributed by atoms with Crippen molar-refractivity contribution in [3.05, 3.63) is 70.4 Å². The molecule has 28 heavy (non-hydrogen) atoms. The summed E-state index contributed by atoms with van der Waals surface area (Å²) in [6, 6.07) is 10.9. The van der Waals surface area contributed by atoms with E-state index in [1.807, 2.05) is 19.9 Å². The van der Waals surface area contributed by atoms with Crippen molar-refractivity contribution in [2.75, 3.05) is 10.0 Å². The third kappa shape index (κ3) is 4.35. The Hall–Kier alpha value is -2.84. The lowest BCUT2D eigenvalue weighted by Crippen LogP contribution is -2.17. The van der Waals surface area contributed by atoms with Crippen LogP contribution in [-0.4, -0.2) is 24.1 Å². The molecule has 0 saturated heterocycles. The van der Waals surface area contributed by atoms with Crippen LogP contribution in [0.25, 0.3) is 0 Å². The smallest absolute Gasteiger partial charge is 0.261 e. The molecule has 0 unspecified atom stereocenters. The number of halogens is 1. The second kappa shape index (κ2) is 7.65. The molecule has 0 bridgehead atoms. The van der Waals surface area contributed by atoms with Gasteiger partial charge < -0.3 is 5.32 Å². The Kier molecular flexibility index (Phi) is 5.44. The van der Waals surface area contributed by atoms with Gasteiger partial charge in [-0.15, -0.1) is 0 Å². The summed E-state index contributed by atoms with van der Waals surface area (Å²) in [4.78, 5) is 12.4. The lowest BCUT2D eigenvalue weighted by molar-refractivity contribution is 0.102. The number of carbonyl (C=O) groups is 1. The number of amides is 1. The Morgan fingerprint density at radius 3 is 2.46 bits per heavy atom. The maximum Gasteiger partial charge on any atom is 0.261 e. The number of nitrogens with one attached hydrogen (secondary N) is 2. The summed E-state index contributed by atoms with van der Waals surface area (Å²) in [5.74, 6) is -0.211. The fourth-order valence-corrected chi connectivity index (χ4v) is 3.81. The predicted octanol–water partition coefficient (Wildman–Crippen LogP) is 3.74. The highest BCUT2D eigenvalue weighted by molar-refractivity contribution is 7.92. The van der Waals surface area contributed by atoms with E-state index in [1.54, 1.807) is 31.4 Å². The summed E-state index contributed by atoms with van der Waals surface area (Å²) in [6.07, 6.45) is 1.67. The van der Waals surface area contributed by atoms with Crippen LogP contribution in [0.15, 0.2) is 53.6 Å². The number of aromatic nitrogens is 2. The first-order chi connectivity index (χ1) is 13.2. The molecule has 0 aliphatic carbocycles. The summed E-state index contributed by atoms with van der Waals surface area (Å²) in [7, 11) is -2.18. The monoisotopic (exact) mass is 418 g/mol. The molecular formula is C19H19ClN4O3S. The Bertz CT molecular complexity index is 1160. The number of nitrogens with zero attached hydrogens (tertiary/aromatic N) is 2. The van der Waals surface area contributed by atoms with Crippen LogP contribution >= 0.6 is 11.6 Å². The fraction of sp³-hybridized carbons (Fsp3) is 0.158. The molecule has 146 valence electrons. The minimum absolute atomic E-state index is 0.0373. The van der Waals surface area contributed by atoms with Crippen LogP contribution in [0.3, 0.4) is 0 Å². The van der Waals surface area contributed by atoms with Gasteiger partial charge in [0.2, 0.25) is 0 Å². The van der Waals surface area contributed by atoms with E-state index in [9.17, 15) is 13.2 Å². The molecule has 0 spiro atoms. The Balaban J connectivity index is 1.88. The molecule has 0 aliphatic rings. The molecule has 3 aromatic rings. The second-order valence-electron chi connectivity index (χ2n) is 6.37. The summed E-state index contributed by atoms with van der Waals surface area (Å²) in [5, 5.41) is 6.79. The molecule has 1 amide bonds. The van der Waals surface area contributed by atoms with Crippen molar-refractivity contribution in [2.24, 2.45) is 7.05 Å². The Labute approximate surface area is 168 Å². The zero-order chi connectivity index (χ0) is 20.5. The van der Waals surface area contributed by atoms with Crippen LogP contribution in [0, 0.1) is 13.8 Å². The average molecular weight is 419 g/mol. The van der Waals surface area contributed by atoms with Gasteiger partial charge >= 0.3 is 0 Å². The number of hydrogen-bond acceptors (Lipinski definition) is 4. The van der Waals surface area contributed by atoms with Crippen molar-refractivity contribution in [1.82, 2.24) is 9.78 Å². The van der Waals surface area contributed by atoms with E-state index in [0.717, 1.165) is 11.1 Å². The van der Waals surface area contributed by atoms with Gasteiger partial charge in [0.25, 0.3) is 15.9 Å². The highest BCUT2D eigenvalue weighted by Gasteiger charge is 2.19. The lowest BCUT2D eigenvalue weighted by Gasteiger charge is -2.11. The van der Waals surface area contributed by atoms with E-state index >= 15 is 0 Å². The zero-order valence-corrected chi connectivity index (χ0v) is 17.1. The summed E-state index contributed by atoms with van der Waals surface area (Å²) in [5.41, 5.74) is 2.50. The van der Waals surface area contributed by atoms with Gasteiger partial charge in [0.05, 0.1) is 15.5 Å². The quantitative estimate of drug-likeness (QED) is 0.660. The molecule has 0 aliphatic heterocycles. The molecule has 9 heteroatoms. The molecule has 3 rings (SSSR count). The third-order valence-corrected chi connectivity index (χ3v) is 5.92. The first-order valence-electron chi connectivity index (χ1n) is 8.36. The highest BCUT2D eigenvalue weighted by atomic mass is 35.5. The van der Waals surface area contributed by atoms with Crippen molar-refractivity contribution < 1.29 is 13.2 Å². The van der Waals surface area contributed by atoms with Crippen molar-refractivity contribution >= 4 is 39.0 Å². The molecule has 2 aromatic carbocycles. The summed E-state index contributed by atoms with van der Waals surface area (Å²) >= 11 is 6.11. The van der Waals surface area contributed by atoms with Crippen LogP contribution in [0.1, 0.15) is 21.5 Å². The first-order valence-corrected chi connectivity index (χ1v) is 10.2. The highest BCUT2D eigenvalue weighted by Crippen LogP contribution is 2.24. The van der Waals surface area contributed by atoms with E-state index in [4.69, 9.17) is 11.6 Å². The van der Waals surface area contributed by atoms with Crippen LogP contribution < -0.4 is 10.0 Å². The minimum atomic E-state index is -3.89. The van der Waals surface area contributed by atoms with E-state index in [2.05, 4.69) is 15.1 Å². The molecule has 1 aromatic heterocycles. The van der Waals surface area contributed by atoms with Gasteiger partial charge in [-0.25, -0.2) is 8.42 Å². The molecule has 1 heterocycles. The predicted molar refractivity (Wildman–Crippen MR) is 109 cm³/mol. The summed E-state index contributed by atoms with van der Waals surface area (Å²) < 4.78 is 29.5. The maximum atomic E-state index is 12.7. The van der Waals surface area contributed by atoms with Gasteiger partial charge in [-0.2, -0.15) is 5.10 Å². The maximum absolute atomic E-state index is 12.7. The average Bonchev–Trinajstić information content (AvgIpc) is 3.02. The second-order valence-corrected chi connectivity index (χ2v) is 8.46. The molecule has 0 atom stereocenters. The van der Waals surface area contributed by atoms with Gasteiger partial charge in [-0.1, -0.05) is 17.7 Å². The summed E-state index contributed by atoms with van der Waals surface area (Å²) in [6.45, 7) is 3.84. The Morgan fingerprint density at radius 2 is 1.82 bits per heavy atom. The standard InChI is InChI=1S/C19H19ClN4O3S/c1-12-4-5-14(10-13(12)2)23-28(26,27)15-6-7-17(20)16(11-15)19(25)21-18-8-9-24(3)22-18/h4-11,23H,1-3H3,(H,21,22,25). The number of aryl methyl sites for hydroxylation is 3. The normalized spacial score (nSPS) is 11.3. The van der Waals surface area contributed by atoms with Gasteiger partial charge in [0.15, 0.2) is 5.82 Å². The van der Waals surface area contributed by atoms with Crippen molar-refractivity contribution in [3.63, 3.8) is 0 Å². The van der Waals surface area contributed by atoms with Gasteiger partial charge in [0, 0.05) is 25.0 Å². The lowest BCUT2D eigenvalue weighted by atomic mass is 10.1. The number of benzene rings is 2. The number of anilines is 2. The molecule has 0 saturated carbocycles. The first kappa shape index (κ1) is 19.9. The zero-order valence-electron chi connectivity index (χ0n) is 15.5. The van der Waals surface area contributed by atoms with Gasteiger partial charge in [-0.3, -0.25) is 14.2 Å². The molecular weight excluding hydrogens is 400 g/mol. The van der Waals surface area contributed by atoms with Gasteiger partial charge in [0.1, 0.15) is 0 Å². The largest absolute Gasteiger partial charge is 0.305 e.